The zero-order chi connectivity index (χ0) is 30.7. The summed E-state index contributed by atoms with van der Waals surface area (Å²) in [5.41, 5.74) is 2.84. The predicted octanol–water partition coefficient (Wildman–Crippen LogP) is 3.74. The van der Waals surface area contributed by atoms with E-state index >= 15 is 4.39 Å². The summed E-state index contributed by atoms with van der Waals surface area (Å²) in [5, 5.41) is 9.13. The van der Waals surface area contributed by atoms with E-state index in [1.165, 1.54) is 30.3 Å². The number of nitrogens with zero attached hydrogens (tertiary/aromatic N) is 2. The first-order valence-electron chi connectivity index (χ1n) is 14.3. The van der Waals surface area contributed by atoms with Crippen LogP contribution in [-0.2, 0) is 18.4 Å². The molecule has 2 aliphatic rings. The first-order chi connectivity index (χ1) is 20.6. The second-order valence-electron chi connectivity index (χ2n) is 11.5. The van der Waals surface area contributed by atoms with Gasteiger partial charge in [-0.05, 0) is 46.9 Å². The van der Waals surface area contributed by atoms with E-state index in [-0.39, 0.29) is 29.9 Å². The van der Waals surface area contributed by atoms with E-state index in [9.17, 15) is 14.4 Å². The molecule has 1 aliphatic carbocycles. The van der Waals surface area contributed by atoms with E-state index in [1.807, 2.05) is 62.4 Å². The first kappa shape index (κ1) is 29.9. The molecule has 2 heterocycles. The number of benzene rings is 2. The highest BCUT2D eigenvalue weighted by molar-refractivity contribution is 5.94. The summed E-state index contributed by atoms with van der Waals surface area (Å²) in [6.07, 6.45) is 9.73. The van der Waals surface area contributed by atoms with Crippen molar-refractivity contribution in [2.24, 2.45) is 12.5 Å². The molecule has 1 fully saturated rings. The lowest BCUT2D eigenvalue weighted by Crippen LogP contribution is -2.46. The smallest absolute Gasteiger partial charge is 0.265 e. The van der Waals surface area contributed by atoms with Gasteiger partial charge in [-0.1, -0.05) is 50.3 Å². The van der Waals surface area contributed by atoms with Crippen LogP contribution < -0.4 is 26.2 Å². The van der Waals surface area contributed by atoms with Gasteiger partial charge >= 0.3 is 0 Å². The molecule has 1 aliphatic heterocycles. The Morgan fingerprint density at radius 3 is 2.72 bits per heavy atom. The highest BCUT2D eigenvalue weighted by atomic mass is 19.1. The fraction of sp³-hybridized carbons (Fsp3) is 0.333. The van der Waals surface area contributed by atoms with Crippen molar-refractivity contribution in [1.82, 2.24) is 25.5 Å². The largest absolute Gasteiger partial charge is 0.496 e. The lowest BCUT2D eigenvalue weighted by molar-refractivity contribution is -0.119. The molecule has 5 rings (SSSR count). The first-order valence-corrected chi connectivity index (χ1v) is 14.3. The van der Waals surface area contributed by atoms with Crippen LogP contribution in [0.5, 0.6) is 5.75 Å². The van der Waals surface area contributed by atoms with Crippen molar-refractivity contribution in [3.63, 3.8) is 0 Å². The van der Waals surface area contributed by atoms with Crippen LogP contribution in [0, 0.1) is 11.2 Å². The van der Waals surface area contributed by atoms with Crippen LogP contribution in [0.3, 0.4) is 0 Å². The van der Waals surface area contributed by atoms with Gasteiger partial charge < -0.3 is 25.3 Å². The molecule has 9 nitrogen and oxygen atoms in total. The van der Waals surface area contributed by atoms with Gasteiger partial charge in [-0.25, -0.2) is 9.37 Å². The summed E-state index contributed by atoms with van der Waals surface area (Å²) in [5.74, 6) is -0.390. The number of carbonyl (C=O) groups is 2. The molecule has 0 radical (unpaired) electrons. The fourth-order valence-corrected chi connectivity index (χ4v) is 5.66. The lowest BCUT2D eigenvalue weighted by atomic mass is 9.71. The molecule has 3 aromatic rings. The van der Waals surface area contributed by atoms with Crippen molar-refractivity contribution in [1.29, 1.82) is 0 Å². The van der Waals surface area contributed by atoms with Crippen LogP contribution >= 0.6 is 0 Å². The maximum Gasteiger partial charge on any atom is 0.265 e. The fourth-order valence-electron chi connectivity index (χ4n) is 5.66. The predicted molar refractivity (Wildman–Crippen MR) is 163 cm³/mol. The molecule has 43 heavy (non-hydrogen) atoms. The van der Waals surface area contributed by atoms with Crippen LogP contribution in [-0.4, -0.2) is 47.1 Å². The highest BCUT2D eigenvalue weighted by Crippen LogP contribution is 2.42. The van der Waals surface area contributed by atoms with E-state index < -0.39 is 22.9 Å². The van der Waals surface area contributed by atoms with Crippen molar-refractivity contribution in [3.05, 3.63) is 100 Å². The number of amides is 2. The number of ether oxygens (including phenoxy) is 1. The molecule has 224 valence electrons. The molecule has 1 saturated heterocycles. The molecule has 0 saturated carbocycles. The van der Waals surface area contributed by atoms with Crippen LogP contribution in [0.4, 0.5) is 4.39 Å². The van der Waals surface area contributed by atoms with Gasteiger partial charge in [-0.15, -0.1) is 0 Å². The summed E-state index contributed by atoms with van der Waals surface area (Å²) in [6.45, 7) is 4.89. The second-order valence-corrected chi connectivity index (χ2v) is 11.5. The summed E-state index contributed by atoms with van der Waals surface area (Å²) in [4.78, 5) is 40.9. The van der Waals surface area contributed by atoms with Gasteiger partial charge in [-0.3, -0.25) is 14.4 Å². The van der Waals surface area contributed by atoms with Crippen LogP contribution in [0.15, 0.2) is 71.9 Å². The van der Waals surface area contributed by atoms with Crippen molar-refractivity contribution in [2.75, 3.05) is 13.7 Å². The Morgan fingerprint density at radius 2 is 1.98 bits per heavy atom. The molecule has 0 bridgehead atoms. The molecule has 2 atom stereocenters. The van der Waals surface area contributed by atoms with Crippen LogP contribution in [0.25, 0.3) is 16.7 Å². The number of methoxy groups -OCH3 is 1. The average Bonchev–Trinajstić information content (AvgIpc) is 3.40. The number of carbonyl (C=O) groups excluding carboxylic acids is 2. The van der Waals surface area contributed by atoms with Gasteiger partial charge in [0.15, 0.2) is 0 Å². The minimum atomic E-state index is -0.534. The Bertz CT molecular complexity index is 1680. The van der Waals surface area contributed by atoms with Crippen molar-refractivity contribution >= 4 is 17.4 Å². The molecule has 1 aromatic heterocycles. The van der Waals surface area contributed by atoms with Gasteiger partial charge in [0.1, 0.15) is 17.1 Å². The normalized spacial score (nSPS) is 19.1. The minimum Gasteiger partial charge on any atom is -0.496 e. The zero-order valence-electron chi connectivity index (χ0n) is 24.7. The maximum absolute atomic E-state index is 15.4. The Balaban J connectivity index is 1.35. The molecular weight excluding hydrogens is 549 g/mol. The van der Waals surface area contributed by atoms with Crippen molar-refractivity contribution in [2.45, 2.75) is 45.3 Å². The van der Waals surface area contributed by atoms with E-state index in [4.69, 9.17) is 4.74 Å². The number of hydrogen-bond acceptors (Lipinski definition) is 6. The van der Waals surface area contributed by atoms with E-state index in [0.29, 0.717) is 29.8 Å². The van der Waals surface area contributed by atoms with Gasteiger partial charge in [0.25, 0.3) is 11.5 Å². The van der Waals surface area contributed by atoms with Gasteiger partial charge in [0.2, 0.25) is 5.91 Å². The monoisotopic (exact) mass is 585 g/mol. The summed E-state index contributed by atoms with van der Waals surface area (Å²) in [7, 11) is 3.07. The SMILES string of the molecule is COc1cc(-c2cccc(C3=CC=C[C@@H](NC(=O)c4cncn(C)c4=O)C3(C)C)c2)cc(F)c1CNCC1CCC(=O)N1. The number of nitrogens with one attached hydrogen (secondary N) is 3. The third-order valence-electron chi connectivity index (χ3n) is 8.22. The van der Waals surface area contributed by atoms with Gasteiger partial charge in [-0.2, -0.15) is 0 Å². The number of allylic oxidation sites excluding steroid dienone is 2. The Morgan fingerprint density at radius 1 is 1.19 bits per heavy atom. The van der Waals surface area contributed by atoms with Crippen molar-refractivity contribution in [3.8, 4) is 16.9 Å². The van der Waals surface area contributed by atoms with Gasteiger partial charge in [0, 0.05) is 49.8 Å². The zero-order valence-corrected chi connectivity index (χ0v) is 24.7. The van der Waals surface area contributed by atoms with E-state index in [0.717, 1.165) is 23.1 Å². The minimum absolute atomic E-state index is 0.0211. The highest BCUT2D eigenvalue weighted by Gasteiger charge is 2.35. The Labute approximate surface area is 249 Å². The Hall–Kier alpha value is -4.57. The summed E-state index contributed by atoms with van der Waals surface area (Å²) >= 11 is 0. The topological polar surface area (TPSA) is 114 Å². The summed E-state index contributed by atoms with van der Waals surface area (Å²) < 4.78 is 22.3. The van der Waals surface area contributed by atoms with Gasteiger partial charge in [0.05, 0.1) is 19.5 Å². The third kappa shape index (κ3) is 6.29. The quantitative estimate of drug-likeness (QED) is 0.353. The molecule has 10 heteroatoms. The number of aromatic nitrogens is 2. The van der Waals surface area contributed by atoms with Crippen LogP contribution in [0.2, 0.25) is 0 Å². The molecule has 3 N–H and O–H groups in total. The average molecular weight is 586 g/mol. The van der Waals surface area contributed by atoms with E-state index in [1.54, 1.807) is 7.05 Å². The van der Waals surface area contributed by atoms with Crippen molar-refractivity contribution < 1.29 is 18.7 Å². The third-order valence-corrected chi connectivity index (χ3v) is 8.22. The standard InChI is InChI=1S/C33H36FN5O4/c1-33(2)26(9-6-10-29(33)38-31(41)25-18-36-19-39(3)32(25)42)21-8-5-7-20(13-21)22-14-27(34)24(28(15-22)43-4)17-35-16-23-11-12-30(40)37-23/h5-10,13-15,18-19,23,29,35H,11-12,16-17H2,1-4H3,(H,37,40)(H,38,41)/t23?,29-/m1/s1. The number of aryl methyl sites for hydroxylation is 1. The molecule has 0 spiro atoms. The summed E-state index contributed by atoms with van der Waals surface area (Å²) in [6, 6.07) is 10.8. The number of hydrogen-bond donors (Lipinski definition) is 3. The molecule has 1 unspecified atom stereocenters. The Kier molecular flexibility index (Phi) is 8.59. The lowest BCUT2D eigenvalue weighted by Gasteiger charge is -2.38. The molecule has 2 aromatic carbocycles. The second kappa shape index (κ2) is 12.3. The molecular formula is C33H36FN5O4. The molecule has 2 amide bonds. The maximum atomic E-state index is 15.4. The number of rotatable bonds is 9. The van der Waals surface area contributed by atoms with E-state index in [2.05, 4.69) is 20.9 Å². The number of halogens is 1. The van der Waals surface area contributed by atoms with Crippen LogP contribution in [0.1, 0.15) is 48.2 Å².